The van der Waals surface area contributed by atoms with Crippen molar-refractivity contribution in [1.29, 1.82) is 0 Å². The molecule has 124 valence electrons. The van der Waals surface area contributed by atoms with Crippen LogP contribution < -0.4 is 5.32 Å². The van der Waals surface area contributed by atoms with E-state index >= 15 is 0 Å². The highest BCUT2D eigenvalue weighted by Crippen LogP contribution is 2.06. The number of carboxylic acids is 1. The van der Waals surface area contributed by atoms with E-state index in [0.29, 0.717) is 13.0 Å². The first-order valence-corrected chi connectivity index (χ1v) is 7.65. The minimum absolute atomic E-state index is 0.218. The second-order valence-corrected chi connectivity index (χ2v) is 6.12. The van der Waals surface area contributed by atoms with Gasteiger partial charge in [0.15, 0.2) is 0 Å². The third kappa shape index (κ3) is 13.4. The molecule has 0 radical (unpaired) electrons. The second kappa shape index (κ2) is 10.4. The summed E-state index contributed by atoms with van der Waals surface area (Å²) in [5.74, 6) is -0.747. The van der Waals surface area contributed by atoms with Crippen LogP contribution in [0.4, 0.5) is 4.79 Å². The molecule has 6 heteroatoms. The summed E-state index contributed by atoms with van der Waals surface area (Å²) in [6.45, 7) is 10.7. The normalized spacial score (nSPS) is 11.5. The van der Waals surface area contributed by atoms with Crippen LogP contribution in [-0.4, -0.2) is 53.8 Å². The number of hydrogen-bond acceptors (Lipinski definition) is 4. The van der Waals surface area contributed by atoms with E-state index in [0.717, 1.165) is 32.5 Å². The molecule has 0 saturated heterocycles. The molecule has 0 aliphatic rings. The molecule has 0 spiro atoms. The van der Waals surface area contributed by atoms with Crippen molar-refractivity contribution < 1.29 is 19.4 Å². The summed E-state index contributed by atoms with van der Waals surface area (Å²) in [7, 11) is 0. The van der Waals surface area contributed by atoms with Gasteiger partial charge in [-0.2, -0.15) is 0 Å². The van der Waals surface area contributed by atoms with Crippen molar-refractivity contribution in [2.75, 3.05) is 26.2 Å². The molecule has 0 fully saturated rings. The number of carbonyl (C=O) groups excluding carboxylic acids is 1. The highest BCUT2D eigenvalue weighted by Gasteiger charge is 2.15. The number of alkyl carbamates (subject to hydrolysis) is 1. The second-order valence-electron chi connectivity index (χ2n) is 6.12. The Labute approximate surface area is 127 Å². The zero-order valence-corrected chi connectivity index (χ0v) is 13.8. The number of nitrogens with zero attached hydrogens (tertiary/aromatic N) is 1. The summed E-state index contributed by atoms with van der Waals surface area (Å²) < 4.78 is 5.17. The quantitative estimate of drug-likeness (QED) is 0.606. The summed E-state index contributed by atoms with van der Waals surface area (Å²) >= 11 is 0. The number of amides is 1. The third-order valence-corrected chi connectivity index (χ3v) is 2.75. The van der Waals surface area contributed by atoms with Gasteiger partial charge in [-0.3, -0.25) is 4.79 Å². The minimum Gasteiger partial charge on any atom is -0.481 e. The van der Waals surface area contributed by atoms with Crippen LogP contribution in [0, 0.1) is 0 Å². The largest absolute Gasteiger partial charge is 0.481 e. The third-order valence-electron chi connectivity index (χ3n) is 2.75. The fourth-order valence-corrected chi connectivity index (χ4v) is 1.89. The molecule has 0 aromatic rings. The van der Waals surface area contributed by atoms with Gasteiger partial charge in [0, 0.05) is 19.5 Å². The summed E-state index contributed by atoms with van der Waals surface area (Å²) in [5, 5.41) is 11.3. The monoisotopic (exact) mass is 302 g/mol. The Bertz CT molecular complexity index is 313. The smallest absolute Gasteiger partial charge is 0.407 e. The maximum absolute atomic E-state index is 11.5. The lowest BCUT2D eigenvalue weighted by molar-refractivity contribution is -0.137. The Kier molecular flexibility index (Phi) is 9.78. The van der Waals surface area contributed by atoms with E-state index in [1.165, 1.54) is 0 Å². The lowest BCUT2D eigenvalue weighted by Gasteiger charge is -2.23. The van der Waals surface area contributed by atoms with E-state index in [1.54, 1.807) is 0 Å². The van der Waals surface area contributed by atoms with E-state index in [-0.39, 0.29) is 6.42 Å². The van der Waals surface area contributed by atoms with Crippen molar-refractivity contribution in [2.24, 2.45) is 0 Å². The van der Waals surface area contributed by atoms with Crippen molar-refractivity contribution in [3.05, 3.63) is 0 Å². The average molecular weight is 302 g/mol. The van der Waals surface area contributed by atoms with Gasteiger partial charge < -0.3 is 20.1 Å². The number of rotatable bonds is 10. The summed E-state index contributed by atoms with van der Waals surface area (Å²) in [6.07, 6.45) is 2.40. The van der Waals surface area contributed by atoms with Gasteiger partial charge in [0.1, 0.15) is 5.60 Å². The highest BCUT2D eigenvalue weighted by molar-refractivity contribution is 5.67. The van der Waals surface area contributed by atoms with Gasteiger partial charge in [-0.15, -0.1) is 0 Å². The van der Waals surface area contributed by atoms with Gasteiger partial charge in [0.05, 0.1) is 0 Å². The number of nitrogens with one attached hydrogen (secondary N) is 1. The van der Waals surface area contributed by atoms with Crippen LogP contribution in [0.2, 0.25) is 0 Å². The summed E-state index contributed by atoms with van der Waals surface area (Å²) in [5.41, 5.74) is -0.482. The molecule has 0 atom stereocenters. The van der Waals surface area contributed by atoms with Crippen LogP contribution in [0.1, 0.15) is 53.4 Å². The Morgan fingerprint density at radius 3 is 2.33 bits per heavy atom. The van der Waals surface area contributed by atoms with Gasteiger partial charge in [-0.1, -0.05) is 6.92 Å². The van der Waals surface area contributed by atoms with Crippen molar-refractivity contribution in [3.63, 3.8) is 0 Å². The van der Waals surface area contributed by atoms with Gasteiger partial charge in [-0.25, -0.2) is 4.79 Å². The van der Waals surface area contributed by atoms with E-state index in [1.807, 2.05) is 20.8 Å². The fourth-order valence-electron chi connectivity index (χ4n) is 1.89. The molecule has 6 nitrogen and oxygen atoms in total. The minimum atomic E-state index is -0.747. The molecule has 0 heterocycles. The molecule has 0 aromatic heterocycles. The molecule has 1 amide bonds. The maximum atomic E-state index is 11.5. The number of ether oxygens (including phenoxy) is 1. The first-order chi connectivity index (χ1) is 9.74. The van der Waals surface area contributed by atoms with E-state index < -0.39 is 17.7 Å². The van der Waals surface area contributed by atoms with E-state index in [4.69, 9.17) is 9.84 Å². The summed E-state index contributed by atoms with van der Waals surface area (Å²) in [4.78, 5) is 24.2. The van der Waals surface area contributed by atoms with Crippen LogP contribution in [0.3, 0.4) is 0 Å². The maximum Gasteiger partial charge on any atom is 0.407 e. The number of carbonyl (C=O) groups is 2. The zero-order chi connectivity index (χ0) is 16.3. The predicted molar refractivity (Wildman–Crippen MR) is 82.5 cm³/mol. The van der Waals surface area contributed by atoms with Crippen LogP contribution >= 0.6 is 0 Å². The van der Waals surface area contributed by atoms with E-state index in [9.17, 15) is 9.59 Å². The standard InChI is InChI=1S/C15H30N2O4/c1-5-10-17(11-7-6-8-13(18)19)12-9-16-14(20)21-15(2,3)4/h5-12H2,1-4H3,(H,16,20)(H,18,19). The first kappa shape index (κ1) is 19.7. The highest BCUT2D eigenvalue weighted by atomic mass is 16.6. The molecular formula is C15H30N2O4. The van der Waals surface area contributed by atoms with Gasteiger partial charge in [0.2, 0.25) is 0 Å². The fraction of sp³-hybridized carbons (Fsp3) is 0.867. The first-order valence-electron chi connectivity index (χ1n) is 7.65. The van der Waals surface area contributed by atoms with Crippen LogP contribution in [0.15, 0.2) is 0 Å². The predicted octanol–water partition coefficient (Wildman–Crippen LogP) is 2.48. The average Bonchev–Trinajstić information content (AvgIpc) is 2.32. The van der Waals surface area contributed by atoms with Crippen LogP contribution in [0.5, 0.6) is 0 Å². The van der Waals surface area contributed by atoms with Gasteiger partial charge >= 0.3 is 12.1 Å². The molecule has 0 unspecified atom stereocenters. The van der Waals surface area contributed by atoms with Crippen LogP contribution in [-0.2, 0) is 9.53 Å². The lowest BCUT2D eigenvalue weighted by atomic mass is 10.2. The molecule has 0 aliphatic heterocycles. The molecule has 0 saturated carbocycles. The molecule has 2 N–H and O–H groups in total. The number of carboxylic acid groups (broad SMARTS) is 1. The Morgan fingerprint density at radius 2 is 1.81 bits per heavy atom. The number of unbranched alkanes of at least 4 members (excludes halogenated alkanes) is 1. The van der Waals surface area contributed by atoms with Crippen molar-refractivity contribution in [2.45, 2.75) is 59.0 Å². The summed E-state index contributed by atoms with van der Waals surface area (Å²) in [6, 6.07) is 0. The van der Waals surface area contributed by atoms with Crippen molar-refractivity contribution in [3.8, 4) is 0 Å². The lowest BCUT2D eigenvalue weighted by Crippen LogP contribution is -2.38. The van der Waals surface area contributed by atoms with Crippen LogP contribution in [0.25, 0.3) is 0 Å². The molecule has 21 heavy (non-hydrogen) atoms. The number of hydrogen-bond donors (Lipinski definition) is 2. The number of aliphatic carboxylic acids is 1. The SMILES string of the molecule is CCCN(CCCCC(=O)O)CCNC(=O)OC(C)(C)C. The molecular weight excluding hydrogens is 272 g/mol. The molecule has 0 rings (SSSR count). The molecule has 0 bridgehead atoms. The van der Waals surface area contributed by atoms with Gasteiger partial charge in [-0.05, 0) is 53.1 Å². The van der Waals surface area contributed by atoms with Gasteiger partial charge in [0.25, 0.3) is 0 Å². The molecule has 0 aromatic carbocycles. The zero-order valence-electron chi connectivity index (χ0n) is 13.8. The van der Waals surface area contributed by atoms with Crippen molar-refractivity contribution >= 4 is 12.1 Å². The van der Waals surface area contributed by atoms with E-state index in [2.05, 4.69) is 17.1 Å². The molecule has 0 aliphatic carbocycles. The Hall–Kier alpha value is -1.30. The topological polar surface area (TPSA) is 78.9 Å². The Balaban J connectivity index is 3.87. The Morgan fingerprint density at radius 1 is 1.14 bits per heavy atom. The van der Waals surface area contributed by atoms with Crippen molar-refractivity contribution in [1.82, 2.24) is 10.2 Å².